The van der Waals surface area contributed by atoms with Crippen LogP contribution in [0.2, 0.25) is 0 Å². The second kappa shape index (κ2) is 9.21. The number of nitrogens with one attached hydrogen (secondary N) is 1. The van der Waals surface area contributed by atoms with E-state index in [9.17, 15) is 13.2 Å². The van der Waals surface area contributed by atoms with E-state index >= 15 is 0 Å². The van der Waals surface area contributed by atoms with Crippen LogP contribution in [0.4, 0.5) is 5.69 Å². The maximum absolute atomic E-state index is 12.9. The zero-order valence-electron chi connectivity index (χ0n) is 17.2. The van der Waals surface area contributed by atoms with Crippen LogP contribution in [0.15, 0.2) is 64.9 Å². The highest BCUT2D eigenvalue weighted by Gasteiger charge is 2.27. The molecule has 0 saturated carbocycles. The number of carbonyl (C=O) groups excluding carboxylic acids is 1. The molecule has 0 radical (unpaired) electrons. The van der Waals surface area contributed by atoms with Crippen molar-refractivity contribution >= 4 is 33.0 Å². The van der Waals surface area contributed by atoms with Crippen LogP contribution >= 0.6 is 11.3 Å². The van der Waals surface area contributed by atoms with Gasteiger partial charge in [0.05, 0.1) is 7.11 Å². The molecule has 1 aliphatic rings. The number of amides is 1. The van der Waals surface area contributed by atoms with Gasteiger partial charge in [0.1, 0.15) is 9.96 Å². The van der Waals surface area contributed by atoms with Crippen LogP contribution in [-0.4, -0.2) is 38.8 Å². The average molecular weight is 457 g/mol. The molecule has 3 aromatic rings. The summed E-state index contributed by atoms with van der Waals surface area (Å²) in [5.41, 5.74) is 2.09. The molecule has 2 aromatic carbocycles. The summed E-state index contributed by atoms with van der Waals surface area (Å²) in [5, 5.41) is 2.85. The van der Waals surface area contributed by atoms with Gasteiger partial charge in [-0.3, -0.25) is 4.79 Å². The van der Waals surface area contributed by atoms with Gasteiger partial charge in [0, 0.05) is 29.2 Å². The van der Waals surface area contributed by atoms with Gasteiger partial charge in [0.15, 0.2) is 0 Å². The van der Waals surface area contributed by atoms with Crippen molar-refractivity contribution in [1.29, 1.82) is 0 Å². The van der Waals surface area contributed by atoms with Crippen LogP contribution < -0.4 is 10.1 Å². The van der Waals surface area contributed by atoms with E-state index < -0.39 is 10.0 Å². The molecule has 0 aliphatic carbocycles. The molecule has 1 N–H and O–H groups in total. The van der Waals surface area contributed by atoms with Crippen molar-refractivity contribution in [1.82, 2.24) is 4.31 Å². The first-order valence-electron chi connectivity index (χ1n) is 10.1. The number of benzene rings is 2. The first-order chi connectivity index (χ1) is 15.0. The molecule has 1 saturated heterocycles. The van der Waals surface area contributed by atoms with E-state index in [1.54, 1.807) is 53.9 Å². The van der Waals surface area contributed by atoms with Crippen molar-refractivity contribution in [2.75, 3.05) is 25.5 Å². The minimum absolute atomic E-state index is 0.212. The highest BCUT2D eigenvalue weighted by atomic mass is 32.2. The normalized spacial score (nSPS) is 14.9. The van der Waals surface area contributed by atoms with E-state index in [4.69, 9.17) is 4.74 Å². The monoisotopic (exact) mass is 456 g/mol. The van der Waals surface area contributed by atoms with Gasteiger partial charge in [-0.2, -0.15) is 4.31 Å². The van der Waals surface area contributed by atoms with Crippen LogP contribution in [0.5, 0.6) is 5.75 Å². The van der Waals surface area contributed by atoms with Crippen molar-refractivity contribution in [2.45, 2.75) is 23.5 Å². The Bertz CT molecular complexity index is 1150. The Morgan fingerprint density at radius 2 is 1.61 bits per heavy atom. The molecule has 1 fully saturated rings. The van der Waals surface area contributed by atoms with Gasteiger partial charge in [0.2, 0.25) is 0 Å². The van der Waals surface area contributed by atoms with Crippen molar-refractivity contribution < 1.29 is 17.9 Å². The quantitative estimate of drug-likeness (QED) is 0.575. The van der Waals surface area contributed by atoms with Crippen molar-refractivity contribution in [3.05, 3.63) is 66.2 Å². The van der Waals surface area contributed by atoms with Crippen molar-refractivity contribution in [3.63, 3.8) is 0 Å². The highest BCUT2D eigenvalue weighted by molar-refractivity contribution is 7.91. The first kappa shape index (κ1) is 21.5. The summed E-state index contributed by atoms with van der Waals surface area (Å²) in [5.74, 6) is 0.510. The SMILES string of the molecule is COc1ccc(NC(=O)c2ccc(-c3ccc(S(=O)(=O)N4CCCCC4)s3)cc2)cc1. The highest BCUT2D eigenvalue weighted by Crippen LogP contribution is 2.33. The number of carbonyl (C=O) groups is 1. The topological polar surface area (TPSA) is 75.7 Å². The fourth-order valence-corrected chi connectivity index (χ4v) is 6.49. The maximum atomic E-state index is 12.9. The van der Waals surface area contributed by atoms with Crippen LogP contribution in [-0.2, 0) is 10.0 Å². The predicted molar refractivity (Wildman–Crippen MR) is 123 cm³/mol. The number of rotatable bonds is 6. The minimum atomic E-state index is -3.43. The third-order valence-electron chi connectivity index (χ3n) is 5.27. The number of ether oxygens (including phenoxy) is 1. The fourth-order valence-electron chi connectivity index (χ4n) is 3.51. The van der Waals surface area contributed by atoms with Gasteiger partial charge in [-0.1, -0.05) is 18.6 Å². The lowest BCUT2D eigenvalue weighted by Crippen LogP contribution is -2.35. The second-order valence-corrected chi connectivity index (χ2v) is 10.6. The zero-order chi connectivity index (χ0) is 21.8. The van der Waals surface area contributed by atoms with Gasteiger partial charge in [-0.15, -0.1) is 11.3 Å². The lowest BCUT2D eigenvalue weighted by molar-refractivity contribution is 0.102. The summed E-state index contributed by atoms with van der Waals surface area (Å²) >= 11 is 1.26. The Balaban J connectivity index is 1.46. The molecular formula is C23H24N2O4S2. The smallest absolute Gasteiger partial charge is 0.255 e. The molecule has 1 amide bonds. The number of anilines is 1. The van der Waals surface area contributed by atoms with Crippen molar-refractivity contribution in [3.8, 4) is 16.2 Å². The third kappa shape index (κ3) is 4.81. The molecule has 6 nitrogen and oxygen atoms in total. The molecule has 0 unspecified atom stereocenters. The van der Waals surface area contributed by atoms with Gasteiger partial charge < -0.3 is 10.1 Å². The molecule has 2 heterocycles. The Hall–Kier alpha value is -2.68. The number of sulfonamides is 1. The summed E-state index contributed by atoms with van der Waals surface area (Å²) in [6.07, 6.45) is 2.91. The Labute approximate surface area is 186 Å². The number of methoxy groups -OCH3 is 1. The van der Waals surface area contributed by atoms with E-state index in [2.05, 4.69) is 5.32 Å². The number of piperidine rings is 1. The van der Waals surface area contributed by atoms with Crippen molar-refractivity contribution in [2.24, 2.45) is 0 Å². The zero-order valence-corrected chi connectivity index (χ0v) is 18.8. The fraction of sp³-hybridized carbons (Fsp3) is 0.261. The summed E-state index contributed by atoms with van der Waals surface area (Å²) in [6, 6.07) is 17.8. The Morgan fingerprint density at radius 3 is 2.26 bits per heavy atom. The van der Waals surface area contributed by atoms with E-state index in [0.29, 0.717) is 28.5 Å². The molecule has 31 heavy (non-hydrogen) atoms. The second-order valence-electron chi connectivity index (χ2n) is 7.34. The molecule has 162 valence electrons. The predicted octanol–water partition coefficient (Wildman–Crippen LogP) is 4.85. The Kier molecular flexibility index (Phi) is 6.41. The number of hydrogen-bond acceptors (Lipinski definition) is 5. The molecule has 1 aromatic heterocycles. The Morgan fingerprint density at radius 1 is 0.935 bits per heavy atom. The van der Waals surface area contributed by atoms with Gasteiger partial charge in [-0.25, -0.2) is 8.42 Å². The number of nitrogens with zero attached hydrogens (tertiary/aromatic N) is 1. The summed E-state index contributed by atoms with van der Waals surface area (Å²) in [7, 11) is -1.84. The van der Waals surface area contributed by atoms with Crippen LogP contribution in [0.25, 0.3) is 10.4 Å². The van der Waals surface area contributed by atoms with Crippen LogP contribution in [0.3, 0.4) is 0 Å². The lowest BCUT2D eigenvalue weighted by atomic mass is 10.1. The van der Waals surface area contributed by atoms with E-state index in [1.807, 2.05) is 18.2 Å². The van der Waals surface area contributed by atoms with E-state index in [1.165, 1.54) is 11.3 Å². The summed E-state index contributed by atoms with van der Waals surface area (Å²) in [4.78, 5) is 13.4. The van der Waals surface area contributed by atoms with E-state index in [0.717, 1.165) is 35.5 Å². The first-order valence-corrected chi connectivity index (χ1v) is 12.4. The number of hydrogen-bond donors (Lipinski definition) is 1. The summed E-state index contributed by atoms with van der Waals surface area (Å²) in [6.45, 7) is 1.18. The van der Waals surface area contributed by atoms with Gasteiger partial charge in [0.25, 0.3) is 15.9 Å². The minimum Gasteiger partial charge on any atom is -0.497 e. The molecule has 4 rings (SSSR count). The van der Waals surface area contributed by atoms with Crippen LogP contribution in [0, 0.1) is 0 Å². The molecule has 8 heteroatoms. The molecule has 0 atom stereocenters. The van der Waals surface area contributed by atoms with Gasteiger partial charge >= 0.3 is 0 Å². The largest absolute Gasteiger partial charge is 0.497 e. The molecular weight excluding hydrogens is 432 g/mol. The molecule has 0 bridgehead atoms. The average Bonchev–Trinajstić information content (AvgIpc) is 3.31. The number of thiophene rings is 1. The summed E-state index contributed by atoms with van der Waals surface area (Å²) < 4.78 is 32.8. The van der Waals surface area contributed by atoms with Crippen LogP contribution in [0.1, 0.15) is 29.6 Å². The standard InChI is InChI=1S/C23H24N2O4S2/c1-29-20-11-9-19(10-12-20)24-23(26)18-7-5-17(6-8-18)21-13-14-22(30-21)31(27,28)25-15-3-2-4-16-25/h5-14H,2-4,15-16H2,1H3,(H,24,26). The third-order valence-corrected chi connectivity index (χ3v) is 8.77. The molecule has 0 spiro atoms. The molecule has 1 aliphatic heterocycles. The maximum Gasteiger partial charge on any atom is 0.255 e. The lowest BCUT2D eigenvalue weighted by Gasteiger charge is -2.25. The van der Waals surface area contributed by atoms with Gasteiger partial charge in [-0.05, 0) is 66.9 Å². The van der Waals surface area contributed by atoms with E-state index in [-0.39, 0.29) is 5.91 Å².